The lowest BCUT2D eigenvalue weighted by atomic mass is 10.0. The van der Waals surface area contributed by atoms with Gasteiger partial charge in [0.15, 0.2) is 0 Å². The van der Waals surface area contributed by atoms with E-state index < -0.39 is 0 Å². The van der Waals surface area contributed by atoms with Gasteiger partial charge in [-0.15, -0.1) is 12.4 Å². The molecule has 0 unspecified atom stereocenters. The van der Waals surface area contributed by atoms with Crippen LogP contribution in [0.2, 0.25) is 0 Å². The first-order chi connectivity index (χ1) is 11.3. The molecule has 1 heterocycles. The van der Waals surface area contributed by atoms with Gasteiger partial charge in [-0.3, -0.25) is 4.79 Å². The van der Waals surface area contributed by atoms with Crippen molar-refractivity contribution in [1.29, 1.82) is 0 Å². The van der Waals surface area contributed by atoms with Crippen LogP contribution in [0.5, 0.6) is 0 Å². The second-order valence-corrected chi connectivity index (χ2v) is 5.83. The van der Waals surface area contributed by atoms with E-state index in [4.69, 9.17) is 0 Å². The molecule has 2 aromatic rings. The predicted molar refractivity (Wildman–Crippen MR) is 101 cm³/mol. The summed E-state index contributed by atoms with van der Waals surface area (Å²) in [5.41, 5.74) is 4.73. The van der Waals surface area contributed by atoms with E-state index in [9.17, 15) is 4.79 Å². The zero-order valence-electron chi connectivity index (χ0n) is 13.6. The standard InChI is InChI=1S/C20H22N2O.ClH/c23-20(22-15-17-10-12-21-13-11-17)14-16-6-8-19(9-7-16)18-4-2-1-3-5-18;/h1-10,21H,11-15H2,(H,22,23);1H. The van der Waals surface area contributed by atoms with Crippen molar-refractivity contribution in [2.75, 3.05) is 19.6 Å². The number of rotatable bonds is 5. The first kappa shape index (κ1) is 18.2. The number of benzene rings is 2. The molecule has 1 aliphatic rings. The lowest BCUT2D eigenvalue weighted by Crippen LogP contribution is -2.30. The zero-order valence-corrected chi connectivity index (χ0v) is 14.4. The molecule has 1 aliphatic heterocycles. The second-order valence-electron chi connectivity index (χ2n) is 5.83. The van der Waals surface area contributed by atoms with Crippen molar-refractivity contribution in [3.05, 3.63) is 71.8 Å². The van der Waals surface area contributed by atoms with E-state index >= 15 is 0 Å². The fourth-order valence-corrected chi connectivity index (χ4v) is 2.74. The summed E-state index contributed by atoms with van der Waals surface area (Å²) in [6, 6.07) is 18.5. The molecule has 4 heteroatoms. The molecule has 3 nitrogen and oxygen atoms in total. The number of halogens is 1. The summed E-state index contributed by atoms with van der Waals surface area (Å²) in [5.74, 6) is 0.0805. The van der Waals surface area contributed by atoms with E-state index in [1.54, 1.807) is 0 Å². The SMILES string of the molecule is Cl.O=C(Cc1ccc(-c2ccccc2)cc1)NCC1=CCNCC1. The molecule has 0 spiro atoms. The van der Waals surface area contributed by atoms with E-state index in [2.05, 4.69) is 41.0 Å². The fourth-order valence-electron chi connectivity index (χ4n) is 2.74. The Morgan fingerprint density at radius 2 is 1.71 bits per heavy atom. The van der Waals surface area contributed by atoms with Crippen LogP contribution in [0.15, 0.2) is 66.2 Å². The first-order valence-electron chi connectivity index (χ1n) is 8.11. The molecule has 0 fully saturated rings. The highest BCUT2D eigenvalue weighted by molar-refractivity contribution is 5.85. The number of carbonyl (C=O) groups excluding carboxylic acids is 1. The number of carbonyl (C=O) groups is 1. The van der Waals surface area contributed by atoms with E-state index in [1.165, 1.54) is 16.7 Å². The van der Waals surface area contributed by atoms with Crippen LogP contribution in [-0.2, 0) is 11.2 Å². The van der Waals surface area contributed by atoms with Gasteiger partial charge in [0.25, 0.3) is 0 Å². The van der Waals surface area contributed by atoms with Gasteiger partial charge in [-0.2, -0.15) is 0 Å². The molecule has 0 radical (unpaired) electrons. The lowest BCUT2D eigenvalue weighted by Gasteiger charge is -2.14. The van der Waals surface area contributed by atoms with Crippen LogP contribution < -0.4 is 10.6 Å². The Bertz CT molecular complexity index is 681. The number of hydrogen-bond acceptors (Lipinski definition) is 2. The molecule has 0 aromatic heterocycles. The van der Waals surface area contributed by atoms with Crippen LogP contribution in [0.25, 0.3) is 11.1 Å². The Hall–Kier alpha value is -2.10. The van der Waals surface area contributed by atoms with Crippen LogP contribution in [0.1, 0.15) is 12.0 Å². The van der Waals surface area contributed by atoms with E-state index in [0.717, 1.165) is 25.1 Å². The summed E-state index contributed by atoms with van der Waals surface area (Å²) in [4.78, 5) is 12.1. The summed E-state index contributed by atoms with van der Waals surface area (Å²) in [7, 11) is 0. The first-order valence-corrected chi connectivity index (χ1v) is 8.11. The van der Waals surface area contributed by atoms with Gasteiger partial charge in [0.05, 0.1) is 6.42 Å². The van der Waals surface area contributed by atoms with Crippen LogP contribution in [0.3, 0.4) is 0 Å². The summed E-state index contributed by atoms with van der Waals surface area (Å²) in [6.45, 7) is 2.58. The van der Waals surface area contributed by atoms with Gasteiger partial charge in [-0.05, 0) is 29.7 Å². The lowest BCUT2D eigenvalue weighted by molar-refractivity contribution is -0.120. The Balaban J connectivity index is 0.00000208. The van der Waals surface area contributed by atoms with Crippen molar-refractivity contribution in [3.8, 4) is 11.1 Å². The molecule has 1 amide bonds. The minimum absolute atomic E-state index is 0. The number of amides is 1. The van der Waals surface area contributed by atoms with E-state index in [1.807, 2.05) is 30.3 Å². The highest BCUT2D eigenvalue weighted by Crippen LogP contribution is 2.19. The average Bonchev–Trinajstić information content (AvgIpc) is 2.62. The van der Waals surface area contributed by atoms with Crippen LogP contribution in [0.4, 0.5) is 0 Å². The van der Waals surface area contributed by atoms with Gasteiger partial charge in [0.1, 0.15) is 0 Å². The molecule has 126 valence electrons. The van der Waals surface area contributed by atoms with Crippen molar-refractivity contribution >= 4 is 18.3 Å². The molecule has 3 rings (SSSR count). The molecular weight excluding hydrogens is 320 g/mol. The Morgan fingerprint density at radius 3 is 2.38 bits per heavy atom. The third-order valence-electron chi connectivity index (χ3n) is 4.10. The zero-order chi connectivity index (χ0) is 15.9. The van der Waals surface area contributed by atoms with E-state index in [-0.39, 0.29) is 18.3 Å². The van der Waals surface area contributed by atoms with Crippen LogP contribution in [-0.4, -0.2) is 25.5 Å². The Kier molecular flexibility index (Phi) is 7.04. The Labute approximate surface area is 149 Å². The quantitative estimate of drug-likeness (QED) is 0.818. The largest absolute Gasteiger partial charge is 0.352 e. The second kappa shape index (κ2) is 9.26. The molecular formula is C20H23ClN2O. The normalized spacial score (nSPS) is 13.6. The van der Waals surface area contributed by atoms with Gasteiger partial charge >= 0.3 is 0 Å². The topological polar surface area (TPSA) is 41.1 Å². The summed E-state index contributed by atoms with van der Waals surface area (Å²) in [6.07, 6.45) is 3.62. The van der Waals surface area contributed by atoms with Crippen LogP contribution >= 0.6 is 12.4 Å². The van der Waals surface area contributed by atoms with Crippen molar-refractivity contribution in [2.45, 2.75) is 12.8 Å². The fraction of sp³-hybridized carbons (Fsp3) is 0.250. The molecule has 0 saturated carbocycles. The summed E-state index contributed by atoms with van der Waals surface area (Å²) < 4.78 is 0. The summed E-state index contributed by atoms with van der Waals surface area (Å²) >= 11 is 0. The average molecular weight is 343 g/mol. The maximum absolute atomic E-state index is 12.1. The third-order valence-corrected chi connectivity index (χ3v) is 4.10. The molecule has 0 bridgehead atoms. The van der Waals surface area contributed by atoms with Crippen molar-refractivity contribution in [2.24, 2.45) is 0 Å². The highest BCUT2D eigenvalue weighted by atomic mass is 35.5. The maximum Gasteiger partial charge on any atom is 0.224 e. The molecule has 2 aromatic carbocycles. The minimum Gasteiger partial charge on any atom is -0.352 e. The molecule has 2 N–H and O–H groups in total. The third kappa shape index (κ3) is 5.22. The van der Waals surface area contributed by atoms with Gasteiger partial charge in [-0.25, -0.2) is 0 Å². The van der Waals surface area contributed by atoms with Gasteiger partial charge in [-0.1, -0.05) is 66.2 Å². The van der Waals surface area contributed by atoms with E-state index in [0.29, 0.717) is 13.0 Å². The number of nitrogens with one attached hydrogen (secondary N) is 2. The Morgan fingerprint density at radius 1 is 1.00 bits per heavy atom. The molecule has 0 aliphatic carbocycles. The van der Waals surface area contributed by atoms with Crippen molar-refractivity contribution in [1.82, 2.24) is 10.6 Å². The maximum atomic E-state index is 12.1. The van der Waals surface area contributed by atoms with Gasteiger partial charge in [0, 0.05) is 13.1 Å². The number of hydrogen-bond donors (Lipinski definition) is 2. The highest BCUT2D eigenvalue weighted by Gasteiger charge is 2.07. The van der Waals surface area contributed by atoms with Crippen molar-refractivity contribution < 1.29 is 4.79 Å². The monoisotopic (exact) mass is 342 g/mol. The van der Waals surface area contributed by atoms with Crippen LogP contribution in [0, 0.1) is 0 Å². The van der Waals surface area contributed by atoms with Gasteiger partial charge < -0.3 is 10.6 Å². The predicted octanol–water partition coefficient (Wildman–Crippen LogP) is 3.35. The van der Waals surface area contributed by atoms with Crippen molar-refractivity contribution in [3.63, 3.8) is 0 Å². The summed E-state index contributed by atoms with van der Waals surface area (Å²) in [5, 5.41) is 6.28. The smallest absolute Gasteiger partial charge is 0.224 e. The minimum atomic E-state index is 0. The molecule has 0 saturated heterocycles. The molecule has 24 heavy (non-hydrogen) atoms. The van der Waals surface area contributed by atoms with Gasteiger partial charge in [0.2, 0.25) is 5.91 Å². The molecule has 0 atom stereocenters.